The summed E-state index contributed by atoms with van der Waals surface area (Å²) in [7, 11) is 0. The SMILES string of the molecule is [2H]c1c([2H])c(-c2c([2H])c([2H])c(N(c3ccc(-c4cc5ccccc5c5ccccc45)cc3)c3ccc4c(c3)C(c3ccccc3)(c3ccccc3)c3ccccc3-4)c([2H])c2[2H])c([2H])c([2H])c1-c1ccccc1. The lowest BCUT2D eigenvalue weighted by atomic mass is 9.67. The topological polar surface area (TPSA) is 3.24 Å². The van der Waals surface area contributed by atoms with Crippen LogP contribution in [0.2, 0.25) is 0 Å². The van der Waals surface area contributed by atoms with Crippen molar-refractivity contribution in [2.75, 3.05) is 4.90 Å². The molecule has 0 saturated carbocycles. The van der Waals surface area contributed by atoms with E-state index in [2.05, 4.69) is 121 Å². The number of hydrogen-bond donors (Lipinski definition) is 0. The van der Waals surface area contributed by atoms with E-state index in [4.69, 9.17) is 2.74 Å². The fourth-order valence-electron chi connectivity index (χ4n) is 9.79. The summed E-state index contributed by atoms with van der Waals surface area (Å²) in [6.07, 6.45) is 0. The van der Waals surface area contributed by atoms with Gasteiger partial charge in [-0.1, -0.05) is 218 Å². The Morgan fingerprint density at radius 2 is 0.797 bits per heavy atom. The first-order chi connectivity index (χ1) is 35.1. The summed E-state index contributed by atoms with van der Waals surface area (Å²) in [5.41, 5.74) is 8.66. The monoisotopic (exact) mass is 821 g/mol. The molecule has 12 rings (SSSR count). The molecular weight excluding hydrogens is 771 g/mol. The standard InChI is InChI=1S/C63H43N/c1-4-16-44(17-5-1)45-28-30-46(31-29-45)47-32-36-52(37-33-47)64(53-38-34-48(35-39-53)60-42-49-18-10-11-23-55(49)56-24-12-13-25-57(56)60)54-40-41-59-58-26-14-15-27-61(58)63(62(59)43-54,50-19-6-2-7-20-50)51-21-8-3-9-22-51/h1-43H/i28D,29D,30D,31D,32D,33D,36D,37D. The van der Waals surface area contributed by atoms with Crippen molar-refractivity contribution in [3.8, 4) is 44.5 Å². The molecule has 1 nitrogen and oxygen atoms in total. The Labute approximate surface area is 386 Å². The maximum atomic E-state index is 9.88. The summed E-state index contributed by atoms with van der Waals surface area (Å²) in [4.78, 5) is 1.78. The van der Waals surface area contributed by atoms with Crippen LogP contribution in [0.4, 0.5) is 17.1 Å². The molecule has 1 aliphatic carbocycles. The lowest BCUT2D eigenvalue weighted by Gasteiger charge is -2.35. The van der Waals surface area contributed by atoms with Gasteiger partial charge in [0.1, 0.15) is 0 Å². The van der Waals surface area contributed by atoms with Gasteiger partial charge >= 0.3 is 0 Å². The minimum atomic E-state index is -0.779. The van der Waals surface area contributed by atoms with Crippen LogP contribution in [-0.4, -0.2) is 0 Å². The van der Waals surface area contributed by atoms with E-state index in [9.17, 15) is 8.22 Å². The zero-order chi connectivity index (χ0) is 49.4. The van der Waals surface area contributed by atoms with Crippen LogP contribution in [0.3, 0.4) is 0 Å². The molecule has 1 heteroatoms. The molecule has 64 heavy (non-hydrogen) atoms. The average molecular weight is 822 g/mol. The van der Waals surface area contributed by atoms with E-state index in [1.54, 1.807) is 35.2 Å². The molecular formula is C63H43N. The molecule has 300 valence electrons. The van der Waals surface area contributed by atoms with Gasteiger partial charge in [-0.3, -0.25) is 0 Å². The summed E-state index contributed by atoms with van der Waals surface area (Å²) in [6, 6.07) is 67.7. The van der Waals surface area contributed by atoms with Gasteiger partial charge in [-0.2, -0.15) is 0 Å². The molecule has 0 saturated heterocycles. The van der Waals surface area contributed by atoms with Crippen LogP contribution in [0.1, 0.15) is 33.2 Å². The van der Waals surface area contributed by atoms with E-state index in [0.717, 1.165) is 66.1 Å². The zero-order valence-electron chi connectivity index (χ0n) is 42.7. The molecule has 0 aliphatic heterocycles. The predicted molar refractivity (Wildman–Crippen MR) is 270 cm³/mol. The van der Waals surface area contributed by atoms with Crippen LogP contribution in [0, 0.1) is 0 Å². The first kappa shape index (κ1) is 29.9. The minimum Gasteiger partial charge on any atom is -0.310 e. The van der Waals surface area contributed by atoms with E-state index >= 15 is 0 Å². The number of benzene rings is 11. The van der Waals surface area contributed by atoms with Crippen LogP contribution < -0.4 is 4.90 Å². The highest BCUT2D eigenvalue weighted by atomic mass is 15.1. The quantitative estimate of drug-likeness (QED) is 0.138. The highest BCUT2D eigenvalue weighted by molar-refractivity contribution is 6.13. The normalized spacial score (nSPS) is 14.2. The molecule has 0 radical (unpaired) electrons. The van der Waals surface area contributed by atoms with Gasteiger partial charge in [-0.15, -0.1) is 0 Å². The lowest BCUT2D eigenvalue weighted by molar-refractivity contribution is 0.768. The highest BCUT2D eigenvalue weighted by Gasteiger charge is 2.46. The van der Waals surface area contributed by atoms with Crippen molar-refractivity contribution < 1.29 is 11.0 Å². The zero-order valence-corrected chi connectivity index (χ0v) is 34.7. The molecule has 0 heterocycles. The molecule has 0 spiro atoms. The van der Waals surface area contributed by atoms with E-state index in [-0.39, 0.29) is 34.5 Å². The van der Waals surface area contributed by atoms with Crippen LogP contribution in [-0.2, 0) is 5.41 Å². The lowest BCUT2D eigenvalue weighted by Crippen LogP contribution is -2.28. The van der Waals surface area contributed by atoms with Gasteiger partial charge in [0.25, 0.3) is 0 Å². The molecule has 1 aliphatic rings. The Balaban J connectivity index is 1.10. The smallest absolute Gasteiger partial charge is 0.0714 e. The Hall–Kier alpha value is -8.26. The highest BCUT2D eigenvalue weighted by Crippen LogP contribution is 2.57. The summed E-state index contributed by atoms with van der Waals surface area (Å²) in [5, 5.41) is 4.50. The van der Waals surface area contributed by atoms with Crippen molar-refractivity contribution >= 4 is 38.6 Å². The van der Waals surface area contributed by atoms with Gasteiger partial charge in [0, 0.05) is 17.1 Å². The number of anilines is 3. The summed E-state index contributed by atoms with van der Waals surface area (Å²) in [6.45, 7) is 0. The van der Waals surface area contributed by atoms with Crippen LogP contribution >= 0.6 is 0 Å². The number of hydrogen-bond acceptors (Lipinski definition) is 1. The number of fused-ring (bicyclic) bond motifs is 6. The molecule has 0 bridgehead atoms. The fraction of sp³-hybridized carbons (Fsp3) is 0.0159. The maximum absolute atomic E-state index is 9.88. The first-order valence-corrected chi connectivity index (χ1v) is 21.5. The van der Waals surface area contributed by atoms with Crippen LogP contribution in [0.5, 0.6) is 0 Å². The molecule has 0 unspecified atom stereocenters. The van der Waals surface area contributed by atoms with E-state index < -0.39 is 41.7 Å². The van der Waals surface area contributed by atoms with Crippen molar-refractivity contribution in [3.63, 3.8) is 0 Å². The molecule has 0 amide bonds. The van der Waals surface area contributed by atoms with Crippen LogP contribution in [0.15, 0.2) is 261 Å². The fourth-order valence-corrected chi connectivity index (χ4v) is 9.79. The molecule has 0 fully saturated rings. The Morgan fingerprint density at radius 1 is 0.297 bits per heavy atom. The predicted octanol–water partition coefficient (Wildman–Crippen LogP) is 16.8. The van der Waals surface area contributed by atoms with Crippen molar-refractivity contribution in [2.24, 2.45) is 0 Å². The molecule has 0 N–H and O–H groups in total. The minimum absolute atomic E-state index is 0.0331. The number of nitrogens with zero attached hydrogens (tertiary/aromatic N) is 1. The first-order valence-electron chi connectivity index (χ1n) is 25.5. The van der Waals surface area contributed by atoms with Crippen molar-refractivity contribution in [3.05, 3.63) is 283 Å². The number of rotatable bonds is 8. The molecule has 11 aromatic rings. The van der Waals surface area contributed by atoms with E-state index in [1.165, 1.54) is 0 Å². The van der Waals surface area contributed by atoms with Gasteiger partial charge in [-0.25, -0.2) is 0 Å². The van der Waals surface area contributed by atoms with E-state index in [1.807, 2.05) is 60.7 Å². The molecule has 11 aromatic carbocycles. The third-order valence-corrected chi connectivity index (χ3v) is 12.7. The third kappa shape index (κ3) is 6.16. The van der Waals surface area contributed by atoms with Gasteiger partial charge in [0.05, 0.1) is 16.4 Å². The average Bonchev–Trinajstić information content (AvgIpc) is 3.73. The largest absolute Gasteiger partial charge is 0.310 e. The second kappa shape index (κ2) is 15.6. The Kier molecular flexibility index (Phi) is 7.28. The summed E-state index contributed by atoms with van der Waals surface area (Å²) >= 11 is 0. The van der Waals surface area contributed by atoms with Crippen LogP contribution in [0.25, 0.3) is 66.1 Å². The van der Waals surface area contributed by atoms with E-state index in [0.29, 0.717) is 16.9 Å². The Bertz CT molecular complexity index is 3860. The van der Waals surface area contributed by atoms with Gasteiger partial charge in [0.15, 0.2) is 0 Å². The van der Waals surface area contributed by atoms with Crippen molar-refractivity contribution in [1.82, 2.24) is 0 Å². The summed E-state index contributed by atoms with van der Waals surface area (Å²) in [5.74, 6) is 0. The third-order valence-electron chi connectivity index (χ3n) is 12.7. The van der Waals surface area contributed by atoms with Gasteiger partial charge in [0.2, 0.25) is 0 Å². The second-order valence-electron chi connectivity index (χ2n) is 16.2. The van der Waals surface area contributed by atoms with Gasteiger partial charge < -0.3 is 4.90 Å². The van der Waals surface area contributed by atoms with Crippen molar-refractivity contribution in [2.45, 2.75) is 5.41 Å². The molecule has 0 aromatic heterocycles. The Morgan fingerprint density at radius 3 is 1.47 bits per heavy atom. The molecule has 0 atom stereocenters. The summed E-state index contributed by atoms with van der Waals surface area (Å²) < 4.78 is 75.6. The van der Waals surface area contributed by atoms with Crippen molar-refractivity contribution in [1.29, 1.82) is 0 Å². The second-order valence-corrected chi connectivity index (χ2v) is 16.2. The maximum Gasteiger partial charge on any atom is 0.0714 e. The van der Waals surface area contributed by atoms with Gasteiger partial charge in [-0.05, 0) is 131 Å².